The number of amides is 3. The number of nitrogens with one attached hydrogen (secondary N) is 1. The molecule has 0 radical (unpaired) electrons. The molecule has 27 heavy (non-hydrogen) atoms. The lowest BCUT2D eigenvalue weighted by molar-refractivity contribution is -0.168. The topological polar surface area (TPSA) is 66.5 Å². The summed E-state index contributed by atoms with van der Waals surface area (Å²) in [6.07, 6.45) is 3.28. The van der Waals surface area contributed by atoms with Crippen LogP contribution < -0.4 is 5.32 Å². The summed E-state index contributed by atoms with van der Waals surface area (Å²) in [6.45, 7) is 8.47. The number of fused-ring (bicyclic) bond motifs is 2. The van der Waals surface area contributed by atoms with Gasteiger partial charge in [-0.05, 0) is 48.8 Å². The van der Waals surface area contributed by atoms with E-state index in [4.69, 9.17) is 0 Å². The fourth-order valence-electron chi connectivity index (χ4n) is 4.56. The number of carbonyl (C=O) groups excluding carboxylic acids is 3. The average molecular weight is 370 g/mol. The van der Waals surface area contributed by atoms with Crippen molar-refractivity contribution in [3.8, 4) is 0 Å². The number of nitrogens with zero attached hydrogens (tertiary/aromatic N) is 1. The first-order valence-corrected chi connectivity index (χ1v) is 9.95. The average Bonchev–Trinajstić information content (AvgIpc) is 2.82. The highest BCUT2D eigenvalue weighted by Crippen LogP contribution is 2.60. The third kappa shape index (κ3) is 3.28. The molecule has 1 saturated heterocycles. The molecule has 5 heteroatoms. The maximum atomic E-state index is 13.0. The van der Waals surface area contributed by atoms with Crippen LogP contribution in [0, 0.1) is 16.7 Å². The summed E-state index contributed by atoms with van der Waals surface area (Å²) in [7, 11) is 0. The minimum absolute atomic E-state index is 0.0597. The number of piperidine rings is 1. The Hall–Kier alpha value is -2.17. The van der Waals surface area contributed by atoms with Crippen LogP contribution in [0.1, 0.15) is 58.9 Å². The van der Waals surface area contributed by atoms with Gasteiger partial charge in [0, 0.05) is 24.6 Å². The Balaban J connectivity index is 1.55. The van der Waals surface area contributed by atoms with Gasteiger partial charge < -0.3 is 5.32 Å². The van der Waals surface area contributed by atoms with Crippen molar-refractivity contribution in [2.75, 3.05) is 11.9 Å². The molecule has 1 aliphatic carbocycles. The van der Waals surface area contributed by atoms with Gasteiger partial charge in [0.25, 0.3) is 0 Å². The molecule has 3 amide bonds. The van der Waals surface area contributed by atoms with Gasteiger partial charge >= 0.3 is 0 Å². The van der Waals surface area contributed by atoms with Crippen molar-refractivity contribution in [1.82, 2.24) is 4.90 Å². The molecule has 2 atom stereocenters. The number of hydrogen-bond donors (Lipinski definition) is 1. The van der Waals surface area contributed by atoms with E-state index in [0.717, 1.165) is 24.9 Å². The van der Waals surface area contributed by atoms with Gasteiger partial charge in [0.2, 0.25) is 17.7 Å². The number of carbonyl (C=O) groups is 3. The van der Waals surface area contributed by atoms with E-state index in [0.29, 0.717) is 13.0 Å². The zero-order chi connectivity index (χ0) is 19.8. The SMILES string of the molecule is CCc1ccc(NC(=O)CCCN2C(=O)C3CCC(C)(C2=O)C3(C)C)cc1. The molecule has 2 fully saturated rings. The summed E-state index contributed by atoms with van der Waals surface area (Å²) < 4.78 is 0. The smallest absolute Gasteiger partial charge is 0.235 e. The summed E-state index contributed by atoms with van der Waals surface area (Å²) in [5.41, 5.74) is 1.23. The third-order valence-electron chi connectivity index (χ3n) is 6.94. The van der Waals surface area contributed by atoms with Crippen molar-refractivity contribution in [2.45, 2.75) is 59.8 Å². The predicted molar refractivity (Wildman–Crippen MR) is 105 cm³/mol. The number of anilines is 1. The molecule has 1 heterocycles. The number of rotatable bonds is 6. The summed E-state index contributed by atoms with van der Waals surface area (Å²) in [5.74, 6) is -0.311. The van der Waals surface area contributed by atoms with Crippen LogP contribution in [-0.4, -0.2) is 29.2 Å². The van der Waals surface area contributed by atoms with Crippen molar-refractivity contribution < 1.29 is 14.4 Å². The molecular formula is C22H30N2O3. The summed E-state index contributed by atoms with van der Waals surface area (Å²) in [6, 6.07) is 7.79. The Bertz CT molecular complexity index is 753. The molecule has 3 rings (SSSR count). The normalized spacial score (nSPS) is 26.4. The zero-order valence-corrected chi connectivity index (χ0v) is 16.8. The van der Waals surface area contributed by atoms with E-state index >= 15 is 0 Å². The van der Waals surface area contributed by atoms with Crippen molar-refractivity contribution in [2.24, 2.45) is 16.7 Å². The van der Waals surface area contributed by atoms with E-state index in [1.54, 1.807) is 0 Å². The van der Waals surface area contributed by atoms with Crippen LogP contribution >= 0.6 is 0 Å². The van der Waals surface area contributed by atoms with Crippen LogP contribution in [0.15, 0.2) is 24.3 Å². The molecule has 1 aromatic rings. The maximum absolute atomic E-state index is 13.0. The molecule has 5 nitrogen and oxygen atoms in total. The first-order chi connectivity index (χ1) is 12.7. The van der Waals surface area contributed by atoms with E-state index in [1.165, 1.54) is 10.5 Å². The number of hydrogen-bond acceptors (Lipinski definition) is 3. The van der Waals surface area contributed by atoms with Gasteiger partial charge in [-0.25, -0.2) is 0 Å². The second-order valence-electron chi connectivity index (χ2n) is 8.64. The van der Waals surface area contributed by atoms with Crippen LogP contribution in [0.2, 0.25) is 0 Å². The molecule has 2 unspecified atom stereocenters. The fourth-order valence-corrected chi connectivity index (χ4v) is 4.56. The second kappa shape index (κ2) is 7.10. The highest BCUT2D eigenvalue weighted by atomic mass is 16.2. The Labute approximate surface area is 161 Å². The highest BCUT2D eigenvalue weighted by molar-refractivity contribution is 6.03. The number of benzene rings is 1. The van der Waals surface area contributed by atoms with Crippen molar-refractivity contribution >= 4 is 23.4 Å². The van der Waals surface area contributed by atoms with Gasteiger partial charge in [-0.3, -0.25) is 19.3 Å². The highest BCUT2D eigenvalue weighted by Gasteiger charge is 2.64. The number of aryl methyl sites for hydroxylation is 1. The number of imide groups is 1. The molecular weight excluding hydrogens is 340 g/mol. The van der Waals surface area contributed by atoms with E-state index in [9.17, 15) is 14.4 Å². The zero-order valence-electron chi connectivity index (χ0n) is 16.8. The van der Waals surface area contributed by atoms with Crippen LogP contribution in [-0.2, 0) is 20.8 Å². The van der Waals surface area contributed by atoms with Crippen LogP contribution in [0.5, 0.6) is 0 Å². The summed E-state index contributed by atoms with van der Waals surface area (Å²) in [4.78, 5) is 39.3. The molecule has 2 bridgehead atoms. The van der Waals surface area contributed by atoms with E-state index < -0.39 is 5.41 Å². The Morgan fingerprint density at radius 3 is 2.48 bits per heavy atom. The molecule has 2 aliphatic rings. The molecule has 1 saturated carbocycles. The molecule has 0 spiro atoms. The van der Waals surface area contributed by atoms with E-state index in [2.05, 4.69) is 12.2 Å². The largest absolute Gasteiger partial charge is 0.326 e. The van der Waals surface area contributed by atoms with Gasteiger partial charge in [-0.15, -0.1) is 0 Å². The standard InChI is InChI=1S/C22H30N2O3/c1-5-15-8-10-16(11-9-15)23-18(25)7-6-14-24-19(26)17-12-13-22(4,20(24)27)21(17,2)3/h8-11,17H,5-7,12-14H2,1-4H3,(H,23,25). The lowest BCUT2D eigenvalue weighted by Gasteiger charge is -2.47. The van der Waals surface area contributed by atoms with Crippen molar-refractivity contribution in [3.63, 3.8) is 0 Å². The Kier molecular flexibility index (Phi) is 5.15. The maximum Gasteiger partial charge on any atom is 0.235 e. The third-order valence-corrected chi connectivity index (χ3v) is 6.94. The quantitative estimate of drug-likeness (QED) is 0.775. The fraction of sp³-hybridized carbons (Fsp3) is 0.591. The van der Waals surface area contributed by atoms with Crippen LogP contribution in [0.3, 0.4) is 0 Å². The molecule has 0 aromatic heterocycles. The van der Waals surface area contributed by atoms with Gasteiger partial charge in [0.1, 0.15) is 0 Å². The summed E-state index contributed by atoms with van der Waals surface area (Å²) >= 11 is 0. The molecule has 1 N–H and O–H groups in total. The van der Waals surface area contributed by atoms with Crippen LogP contribution in [0.4, 0.5) is 5.69 Å². The number of likely N-dealkylation sites (tertiary alicyclic amines) is 1. The molecule has 146 valence electrons. The lowest BCUT2D eigenvalue weighted by Crippen LogP contribution is -2.59. The molecule has 1 aromatic carbocycles. The minimum atomic E-state index is -0.477. The Morgan fingerprint density at radius 1 is 1.19 bits per heavy atom. The second-order valence-corrected chi connectivity index (χ2v) is 8.64. The predicted octanol–water partition coefficient (Wildman–Crippen LogP) is 3.78. The van der Waals surface area contributed by atoms with E-state index in [1.807, 2.05) is 45.0 Å². The first-order valence-electron chi connectivity index (χ1n) is 9.95. The Morgan fingerprint density at radius 2 is 1.85 bits per heavy atom. The molecule has 1 aliphatic heterocycles. The summed E-state index contributed by atoms with van der Waals surface area (Å²) in [5, 5.41) is 2.88. The first kappa shape index (κ1) is 19.6. The lowest BCUT2D eigenvalue weighted by atomic mass is 9.62. The van der Waals surface area contributed by atoms with Crippen molar-refractivity contribution in [1.29, 1.82) is 0 Å². The van der Waals surface area contributed by atoms with Gasteiger partial charge in [0.05, 0.1) is 5.41 Å². The minimum Gasteiger partial charge on any atom is -0.326 e. The van der Waals surface area contributed by atoms with Gasteiger partial charge in [-0.2, -0.15) is 0 Å². The van der Waals surface area contributed by atoms with Gasteiger partial charge in [-0.1, -0.05) is 39.8 Å². The monoisotopic (exact) mass is 370 g/mol. The van der Waals surface area contributed by atoms with Gasteiger partial charge in [0.15, 0.2) is 0 Å². The van der Waals surface area contributed by atoms with Crippen LogP contribution in [0.25, 0.3) is 0 Å². The van der Waals surface area contributed by atoms with Crippen molar-refractivity contribution in [3.05, 3.63) is 29.8 Å². The van der Waals surface area contributed by atoms with E-state index in [-0.39, 0.29) is 35.5 Å².